The number of urea groups is 1. The van der Waals surface area contributed by atoms with Gasteiger partial charge in [0.2, 0.25) is 11.8 Å². The first-order valence-corrected chi connectivity index (χ1v) is 8.74. The van der Waals surface area contributed by atoms with Crippen molar-refractivity contribution >= 4 is 27.7 Å². The Kier molecular flexibility index (Phi) is 4.81. The van der Waals surface area contributed by atoms with Crippen LogP contribution in [0, 0.1) is 5.92 Å². The van der Waals surface area contributed by atoms with Crippen LogP contribution in [0.4, 0.5) is 4.79 Å². The average molecular weight is 317 g/mol. The predicted octanol–water partition coefficient (Wildman–Crippen LogP) is -1.13. The van der Waals surface area contributed by atoms with Crippen LogP contribution in [-0.4, -0.2) is 62.3 Å². The molecule has 2 heterocycles. The van der Waals surface area contributed by atoms with Gasteiger partial charge in [0.15, 0.2) is 9.84 Å². The van der Waals surface area contributed by atoms with Gasteiger partial charge in [-0.3, -0.25) is 14.9 Å². The molecule has 21 heavy (non-hydrogen) atoms. The minimum absolute atomic E-state index is 0.0187. The van der Waals surface area contributed by atoms with E-state index < -0.39 is 15.9 Å². The molecule has 2 aliphatic rings. The molecular formula is C12H19N3O5S. The summed E-state index contributed by atoms with van der Waals surface area (Å²) in [5.74, 6) is -0.221. The standard InChI is InChI=1S/C12H19N3O5S/c16-10(13-7-9-3-6-21(19,20)8-9)1-4-15-5-2-11(17)14-12(15)18/h9H,1-8H2,(H,13,16)(H,14,17,18). The Balaban J connectivity index is 1.66. The summed E-state index contributed by atoms with van der Waals surface area (Å²) in [5.41, 5.74) is 0. The van der Waals surface area contributed by atoms with E-state index >= 15 is 0 Å². The van der Waals surface area contributed by atoms with E-state index in [1.54, 1.807) is 0 Å². The third kappa shape index (κ3) is 4.69. The van der Waals surface area contributed by atoms with E-state index in [1.807, 2.05) is 0 Å². The lowest BCUT2D eigenvalue weighted by molar-refractivity contribution is -0.121. The second kappa shape index (κ2) is 6.42. The number of hydrogen-bond donors (Lipinski definition) is 2. The monoisotopic (exact) mass is 317 g/mol. The van der Waals surface area contributed by atoms with Crippen LogP contribution in [0.15, 0.2) is 0 Å². The number of carbonyl (C=O) groups is 3. The van der Waals surface area contributed by atoms with Crippen molar-refractivity contribution in [3.05, 3.63) is 0 Å². The van der Waals surface area contributed by atoms with E-state index in [1.165, 1.54) is 4.90 Å². The zero-order valence-electron chi connectivity index (χ0n) is 11.6. The van der Waals surface area contributed by atoms with Crippen molar-refractivity contribution in [1.82, 2.24) is 15.5 Å². The molecule has 0 spiro atoms. The molecule has 0 saturated carbocycles. The fourth-order valence-corrected chi connectivity index (χ4v) is 4.29. The average Bonchev–Trinajstić information content (AvgIpc) is 2.75. The third-order valence-electron chi connectivity index (χ3n) is 3.67. The zero-order valence-corrected chi connectivity index (χ0v) is 12.4. The van der Waals surface area contributed by atoms with E-state index in [0.717, 1.165) is 0 Å². The Morgan fingerprint density at radius 3 is 2.76 bits per heavy atom. The minimum Gasteiger partial charge on any atom is -0.356 e. The SMILES string of the molecule is O=C(CCN1CCC(=O)NC1=O)NCC1CCS(=O)(=O)C1. The van der Waals surface area contributed by atoms with Gasteiger partial charge in [0.05, 0.1) is 11.5 Å². The summed E-state index contributed by atoms with van der Waals surface area (Å²) in [6.45, 7) is 0.912. The maximum Gasteiger partial charge on any atom is 0.324 e. The molecule has 2 fully saturated rings. The summed E-state index contributed by atoms with van der Waals surface area (Å²) in [5, 5.41) is 4.89. The van der Waals surface area contributed by atoms with Gasteiger partial charge in [-0.15, -0.1) is 0 Å². The number of nitrogens with one attached hydrogen (secondary N) is 2. The van der Waals surface area contributed by atoms with Crippen LogP contribution in [0.1, 0.15) is 19.3 Å². The van der Waals surface area contributed by atoms with Crippen molar-refractivity contribution in [1.29, 1.82) is 0 Å². The number of sulfone groups is 1. The van der Waals surface area contributed by atoms with Gasteiger partial charge in [-0.25, -0.2) is 13.2 Å². The summed E-state index contributed by atoms with van der Waals surface area (Å²) in [6.07, 6.45) is 0.966. The molecule has 0 aromatic heterocycles. The molecular weight excluding hydrogens is 298 g/mol. The maximum absolute atomic E-state index is 11.7. The lowest BCUT2D eigenvalue weighted by atomic mass is 10.1. The van der Waals surface area contributed by atoms with Crippen LogP contribution in [0.3, 0.4) is 0 Å². The first-order chi connectivity index (χ1) is 9.85. The van der Waals surface area contributed by atoms with Crippen LogP contribution < -0.4 is 10.6 Å². The maximum atomic E-state index is 11.7. The van der Waals surface area contributed by atoms with E-state index in [2.05, 4.69) is 10.6 Å². The van der Waals surface area contributed by atoms with Gasteiger partial charge in [0.25, 0.3) is 0 Å². The molecule has 0 radical (unpaired) electrons. The zero-order chi connectivity index (χ0) is 15.5. The fraction of sp³-hybridized carbons (Fsp3) is 0.750. The van der Waals surface area contributed by atoms with Crippen LogP contribution in [-0.2, 0) is 19.4 Å². The van der Waals surface area contributed by atoms with Crippen LogP contribution in [0.5, 0.6) is 0 Å². The van der Waals surface area contributed by atoms with Gasteiger partial charge in [-0.2, -0.15) is 0 Å². The molecule has 2 aliphatic heterocycles. The van der Waals surface area contributed by atoms with Gasteiger partial charge in [0.1, 0.15) is 0 Å². The molecule has 0 bridgehead atoms. The van der Waals surface area contributed by atoms with Gasteiger partial charge < -0.3 is 10.2 Å². The molecule has 1 atom stereocenters. The molecule has 2 saturated heterocycles. The van der Waals surface area contributed by atoms with Gasteiger partial charge in [-0.05, 0) is 12.3 Å². The smallest absolute Gasteiger partial charge is 0.324 e. The highest BCUT2D eigenvalue weighted by molar-refractivity contribution is 7.91. The third-order valence-corrected chi connectivity index (χ3v) is 5.50. The lowest BCUT2D eigenvalue weighted by Gasteiger charge is -2.26. The Labute approximate surface area is 123 Å². The summed E-state index contributed by atoms with van der Waals surface area (Å²) < 4.78 is 22.6. The topological polar surface area (TPSA) is 113 Å². The second-order valence-corrected chi connectivity index (χ2v) is 7.64. The van der Waals surface area contributed by atoms with Gasteiger partial charge in [0, 0.05) is 32.5 Å². The van der Waals surface area contributed by atoms with Gasteiger partial charge in [-0.1, -0.05) is 0 Å². The highest BCUT2D eigenvalue weighted by atomic mass is 32.2. The first-order valence-electron chi connectivity index (χ1n) is 6.91. The Morgan fingerprint density at radius 1 is 1.38 bits per heavy atom. The molecule has 4 amide bonds. The molecule has 9 heteroatoms. The van der Waals surface area contributed by atoms with Crippen molar-refractivity contribution in [2.45, 2.75) is 19.3 Å². The lowest BCUT2D eigenvalue weighted by Crippen LogP contribution is -2.50. The minimum atomic E-state index is -2.93. The largest absolute Gasteiger partial charge is 0.356 e. The van der Waals surface area contributed by atoms with Crippen LogP contribution in [0.25, 0.3) is 0 Å². The van der Waals surface area contributed by atoms with E-state index in [4.69, 9.17) is 0 Å². The van der Waals surface area contributed by atoms with Gasteiger partial charge >= 0.3 is 6.03 Å². The Bertz CT molecular complexity index is 545. The molecule has 118 valence electrons. The summed E-state index contributed by atoms with van der Waals surface area (Å²) >= 11 is 0. The van der Waals surface area contributed by atoms with E-state index in [-0.39, 0.29) is 48.6 Å². The number of hydrogen-bond acceptors (Lipinski definition) is 5. The highest BCUT2D eigenvalue weighted by Gasteiger charge is 2.28. The van der Waals surface area contributed by atoms with Crippen LogP contribution in [0.2, 0.25) is 0 Å². The van der Waals surface area contributed by atoms with Crippen molar-refractivity contribution in [3.8, 4) is 0 Å². The summed E-state index contributed by atoms with van der Waals surface area (Å²) in [7, 11) is -2.93. The van der Waals surface area contributed by atoms with E-state index in [0.29, 0.717) is 19.5 Å². The van der Waals surface area contributed by atoms with Crippen molar-refractivity contribution in [2.75, 3.05) is 31.1 Å². The summed E-state index contributed by atoms with van der Waals surface area (Å²) in [6, 6.07) is -0.471. The first kappa shape index (κ1) is 15.7. The Morgan fingerprint density at radius 2 is 2.14 bits per heavy atom. The second-order valence-electron chi connectivity index (χ2n) is 5.41. The molecule has 0 aliphatic carbocycles. The molecule has 0 aromatic carbocycles. The quantitative estimate of drug-likeness (QED) is 0.666. The number of carbonyl (C=O) groups excluding carboxylic acids is 3. The van der Waals surface area contributed by atoms with Crippen LogP contribution >= 0.6 is 0 Å². The molecule has 0 aromatic rings. The molecule has 2 N–H and O–H groups in total. The fourth-order valence-electron chi connectivity index (χ4n) is 2.43. The summed E-state index contributed by atoms with van der Waals surface area (Å²) in [4.78, 5) is 35.5. The Hall–Kier alpha value is -1.64. The normalized spacial score (nSPS) is 24.8. The van der Waals surface area contributed by atoms with Crippen molar-refractivity contribution < 1.29 is 22.8 Å². The highest BCUT2D eigenvalue weighted by Crippen LogP contribution is 2.17. The van der Waals surface area contributed by atoms with Crippen molar-refractivity contribution in [3.63, 3.8) is 0 Å². The number of nitrogens with zero attached hydrogens (tertiary/aromatic N) is 1. The molecule has 8 nitrogen and oxygen atoms in total. The van der Waals surface area contributed by atoms with Crippen molar-refractivity contribution in [2.24, 2.45) is 5.92 Å². The number of amides is 4. The molecule has 2 rings (SSSR count). The number of rotatable bonds is 5. The molecule has 1 unspecified atom stereocenters. The predicted molar refractivity (Wildman–Crippen MR) is 74.1 cm³/mol. The van der Waals surface area contributed by atoms with E-state index in [9.17, 15) is 22.8 Å². The number of imide groups is 1.